The van der Waals surface area contributed by atoms with E-state index in [1.807, 2.05) is 25.1 Å². The first-order valence-corrected chi connectivity index (χ1v) is 10.9. The normalized spacial score (nSPS) is 16.9. The number of carbonyl (C=O) groups is 1. The third-order valence-electron chi connectivity index (χ3n) is 4.69. The molecule has 0 atom stereocenters. The van der Waals surface area contributed by atoms with Gasteiger partial charge in [-0.2, -0.15) is 17.5 Å². The van der Waals surface area contributed by atoms with Gasteiger partial charge < -0.3 is 16.0 Å². The first-order chi connectivity index (χ1) is 14.1. The zero-order valence-electron chi connectivity index (χ0n) is 16.8. The molecule has 0 unspecified atom stereocenters. The molecule has 0 aliphatic carbocycles. The summed E-state index contributed by atoms with van der Waals surface area (Å²) >= 11 is 0. The molecule has 2 rings (SSSR count). The third kappa shape index (κ3) is 6.33. The largest absolute Gasteiger partial charge is 0.511 e. The summed E-state index contributed by atoms with van der Waals surface area (Å²) in [6.45, 7) is 1.47. The van der Waals surface area contributed by atoms with Gasteiger partial charge >= 0.3 is 15.5 Å². The molecule has 1 amide bonds. The molecule has 1 aliphatic heterocycles. The highest BCUT2D eigenvalue weighted by Crippen LogP contribution is 2.28. The Bertz CT molecular complexity index is 866. The molecule has 1 aliphatic rings. The number of rotatable bonds is 6. The van der Waals surface area contributed by atoms with Gasteiger partial charge in [-0.25, -0.2) is 8.42 Å². The van der Waals surface area contributed by atoms with E-state index in [9.17, 15) is 26.4 Å². The highest BCUT2D eigenvalue weighted by molar-refractivity contribution is 7.90. The molecule has 0 bridgehead atoms. The monoisotopic (exact) mass is 449 g/mol. The maximum absolute atomic E-state index is 12.6. The number of aryl methyl sites for hydroxylation is 1. The fraction of sp³-hybridized carbons (Fsp3) is 0.556. The van der Waals surface area contributed by atoms with Gasteiger partial charge in [-0.1, -0.05) is 19.1 Å². The third-order valence-corrected chi connectivity index (χ3v) is 6.32. The van der Waals surface area contributed by atoms with Gasteiger partial charge in [-0.3, -0.25) is 9.79 Å². The minimum atomic E-state index is -5.31. The highest BCUT2D eigenvalue weighted by Gasteiger charge is 2.50. The van der Waals surface area contributed by atoms with Crippen LogP contribution in [0.15, 0.2) is 29.3 Å². The summed E-state index contributed by atoms with van der Waals surface area (Å²) in [6, 6.07) is 7.22. The van der Waals surface area contributed by atoms with Crippen molar-refractivity contribution in [3.8, 4) is 0 Å². The number of sulfonamides is 1. The van der Waals surface area contributed by atoms with Crippen molar-refractivity contribution in [3.63, 3.8) is 0 Å². The Labute approximate surface area is 174 Å². The molecule has 0 spiro atoms. The van der Waals surface area contributed by atoms with Gasteiger partial charge in [0.05, 0.1) is 6.54 Å². The van der Waals surface area contributed by atoms with Crippen molar-refractivity contribution in [2.24, 2.45) is 4.99 Å². The van der Waals surface area contributed by atoms with Crippen LogP contribution in [-0.4, -0.2) is 62.8 Å². The van der Waals surface area contributed by atoms with Crippen molar-refractivity contribution in [2.45, 2.75) is 37.7 Å². The van der Waals surface area contributed by atoms with E-state index in [0.29, 0.717) is 16.0 Å². The average Bonchev–Trinajstić information content (AvgIpc) is 2.70. The molecular weight excluding hydrogens is 423 g/mol. The zero-order chi connectivity index (χ0) is 22.4. The lowest BCUT2D eigenvalue weighted by atomic mass is 10.1. The van der Waals surface area contributed by atoms with Gasteiger partial charge in [0.15, 0.2) is 5.96 Å². The van der Waals surface area contributed by atoms with E-state index in [4.69, 9.17) is 0 Å². The first-order valence-electron chi connectivity index (χ1n) is 9.49. The number of alkyl halides is 3. The van der Waals surface area contributed by atoms with Gasteiger partial charge in [-0.15, -0.1) is 0 Å². The van der Waals surface area contributed by atoms with Gasteiger partial charge in [0.2, 0.25) is 5.91 Å². The number of halogens is 3. The number of aliphatic imine (C=N–C) groups is 1. The minimum Gasteiger partial charge on any atom is -0.354 e. The van der Waals surface area contributed by atoms with Crippen LogP contribution in [0.5, 0.6) is 0 Å². The summed E-state index contributed by atoms with van der Waals surface area (Å²) < 4.78 is 61.3. The van der Waals surface area contributed by atoms with Crippen LogP contribution in [0.3, 0.4) is 0 Å². The van der Waals surface area contributed by atoms with E-state index in [2.05, 4.69) is 20.9 Å². The second-order valence-electron chi connectivity index (χ2n) is 6.80. The molecule has 1 aromatic carbocycles. The van der Waals surface area contributed by atoms with Crippen molar-refractivity contribution in [1.82, 2.24) is 14.9 Å². The summed E-state index contributed by atoms with van der Waals surface area (Å²) in [6.07, 6.45) is 1.22. The number of guanidine groups is 1. The quantitative estimate of drug-likeness (QED) is 0.453. The molecular formula is C18H26F3N5O3S. The Hall–Kier alpha value is -2.34. The van der Waals surface area contributed by atoms with E-state index < -0.39 is 15.5 Å². The van der Waals surface area contributed by atoms with Crippen molar-refractivity contribution in [3.05, 3.63) is 29.8 Å². The van der Waals surface area contributed by atoms with E-state index >= 15 is 0 Å². The van der Waals surface area contributed by atoms with Gasteiger partial charge in [0.25, 0.3) is 0 Å². The van der Waals surface area contributed by atoms with Gasteiger partial charge in [-0.05, 0) is 37.0 Å². The molecule has 3 N–H and O–H groups in total. The molecule has 1 heterocycles. The number of carbonyl (C=O) groups excluding carboxylic acids is 1. The fourth-order valence-corrected chi connectivity index (χ4v) is 4.00. The molecule has 1 aromatic rings. The number of benzene rings is 1. The second kappa shape index (κ2) is 10.1. The van der Waals surface area contributed by atoms with Crippen LogP contribution >= 0.6 is 0 Å². The minimum absolute atomic E-state index is 0.0582. The Morgan fingerprint density at radius 2 is 1.93 bits per heavy atom. The number of amides is 1. The van der Waals surface area contributed by atoms with Crippen molar-refractivity contribution < 1.29 is 26.4 Å². The molecule has 8 nitrogen and oxygen atoms in total. The lowest BCUT2D eigenvalue weighted by Crippen LogP contribution is -2.52. The van der Waals surface area contributed by atoms with Crippen LogP contribution in [0.2, 0.25) is 0 Å². The summed E-state index contributed by atoms with van der Waals surface area (Å²) in [5, 5.41) is 8.63. The summed E-state index contributed by atoms with van der Waals surface area (Å²) in [7, 11) is -3.81. The maximum atomic E-state index is 12.6. The molecule has 0 saturated carbocycles. The molecule has 12 heteroatoms. The molecule has 0 aromatic heterocycles. The molecule has 1 fully saturated rings. The fourth-order valence-electron chi connectivity index (χ4n) is 3.01. The maximum Gasteiger partial charge on any atom is 0.511 e. The van der Waals surface area contributed by atoms with Crippen LogP contribution in [0.25, 0.3) is 0 Å². The van der Waals surface area contributed by atoms with E-state index in [1.54, 1.807) is 6.07 Å². The van der Waals surface area contributed by atoms with E-state index in [-0.39, 0.29) is 44.4 Å². The van der Waals surface area contributed by atoms with Crippen molar-refractivity contribution >= 4 is 27.6 Å². The smallest absolute Gasteiger partial charge is 0.354 e. The predicted molar refractivity (Wildman–Crippen MR) is 109 cm³/mol. The van der Waals surface area contributed by atoms with Crippen LogP contribution in [-0.2, 0) is 21.2 Å². The molecule has 30 heavy (non-hydrogen) atoms. The SMILES string of the molecule is CCc1cccc(NC(=O)CNC(=NC)NC2CCN(S(=O)(=O)C(F)(F)F)CC2)c1. The number of nitrogens with zero attached hydrogens (tertiary/aromatic N) is 2. The predicted octanol–water partition coefficient (Wildman–Crippen LogP) is 1.67. The van der Waals surface area contributed by atoms with Crippen LogP contribution in [0.1, 0.15) is 25.3 Å². The molecule has 168 valence electrons. The Balaban J connectivity index is 1.81. The number of hydrogen-bond donors (Lipinski definition) is 3. The summed E-state index contributed by atoms with van der Waals surface area (Å²) in [5.41, 5.74) is -3.52. The number of anilines is 1. The number of piperidine rings is 1. The number of nitrogens with one attached hydrogen (secondary N) is 3. The summed E-state index contributed by atoms with van der Waals surface area (Å²) in [4.78, 5) is 16.1. The van der Waals surface area contributed by atoms with Crippen LogP contribution in [0, 0.1) is 0 Å². The molecule has 1 saturated heterocycles. The molecule has 0 radical (unpaired) electrons. The van der Waals surface area contributed by atoms with Crippen LogP contribution < -0.4 is 16.0 Å². The summed E-state index contributed by atoms with van der Waals surface area (Å²) in [5.74, 6) is 0.0295. The van der Waals surface area contributed by atoms with Crippen LogP contribution in [0.4, 0.5) is 18.9 Å². The Morgan fingerprint density at radius 3 is 2.50 bits per heavy atom. The lowest BCUT2D eigenvalue weighted by Gasteiger charge is -2.32. The zero-order valence-corrected chi connectivity index (χ0v) is 17.6. The van der Waals surface area contributed by atoms with Crippen molar-refractivity contribution in [2.75, 3.05) is 32.0 Å². The Kier molecular flexibility index (Phi) is 8.07. The van der Waals surface area contributed by atoms with E-state index in [0.717, 1.165) is 12.0 Å². The number of hydrogen-bond acceptors (Lipinski definition) is 4. The van der Waals surface area contributed by atoms with Gasteiger partial charge in [0.1, 0.15) is 0 Å². The van der Waals surface area contributed by atoms with E-state index in [1.165, 1.54) is 7.05 Å². The average molecular weight is 449 g/mol. The topological polar surface area (TPSA) is 103 Å². The highest BCUT2D eigenvalue weighted by atomic mass is 32.2. The van der Waals surface area contributed by atoms with Crippen molar-refractivity contribution in [1.29, 1.82) is 0 Å². The Morgan fingerprint density at radius 1 is 1.27 bits per heavy atom. The lowest BCUT2D eigenvalue weighted by molar-refractivity contribution is -0.115. The first kappa shape index (κ1) is 23.9. The second-order valence-corrected chi connectivity index (χ2v) is 8.73. The van der Waals surface area contributed by atoms with Gasteiger partial charge in [0, 0.05) is 31.9 Å². The standard InChI is InChI=1S/C18H26F3N5O3S/c1-3-13-5-4-6-15(11-13)24-16(27)12-23-17(22-2)25-14-7-9-26(10-8-14)30(28,29)18(19,20)21/h4-6,11,14H,3,7-10,12H2,1-2H3,(H,24,27)(H2,22,23,25).